The normalized spacial score (nSPS) is 18.9. The Morgan fingerprint density at radius 1 is 0.917 bits per heavy atom. The number of amides is 3. The summed E-state index contributed by atoms with van der Waals surface area (Å²) >= 11 is 0. The summed E-state index contributed by atoms with van der Waals surface area (Å²) in [6.07, 6.45) is 8.06. The number of ketones is 1. The molecule has 1 unspecified atom stereocenters. The van der Waals surface area contributed by atoms with Crippen molar-refractivity contribution >= 4 is 23.5 Å². The number of benzene rings is 1. The van der Waals surface area contributed by atoms with Crippen molar-refractivity contribution in [3.63, 3.8) is 0 Å². The average Bonchev–Trinajstić information content (AvgIpc) is 3.39. The molecular formula is C28H34N4O4. The Morgan fingerprint density at radius 2 is 1.67 bits per heavy atom. The molecule has 2 N–H and O–H groups in total. The van der Waals surface area contributed by atoms with Gasteiger partial charge in [0.25, 0.3) is 5.91 Å². The van der Waals surface area contributed by atoms with Gasteiger partial charge >= 0.3 is 0 Å². The Labute approximate surface area is 211 Å². The molecule has 4 rings (SSSR count). The summed E-state index contributed by atoms with van der Waals surface area (Å²) in [5.41, 5.74) is 1.50. The Morgan fingerprint density at radius 3 is 2.39 bits per heavy atom. The maximum absolute atomic E-state index is 13.7. The lowest BCUT2D eigenvalue weighted by Crippen LogP contribution is -2.55. The first-order valence-corrected chi connectivity index (χ1v) is 12.9. The molecule has 8 nitrogen and oxygen atoms in total. The molecule has 36 heavy (non-hydrogen) atoms. The van der Waals surface area contributed by atoms with Gasteiger partial charge in [0.1, 0.15) is 12.1 Å². The molecule has 8 heteroatoms. The second-order valence-electron chi connectivity index (χ2n) is 9.67. The molecule has 2 aliphatic rings. The van der Waals surface area contributed by atoms with E-state index in [4.69, 9.17) is 0 Å². The molecule has 1 aromatic heterocycles. The number of Topliss-reactive ketones (excluding diaryl/α,β-unsaturated/α-hetero) is 1. The predicted octanol–water partition coefficient (Wildman–Crippen LogP) is 2.36. The van der Waals surface area contributed by atoms with Crippen molar-refractivity contribution in [3.8, 4) is 0 Å². The van der Waals surface area contributed by atoms with Gasteiger partial charge in [-0.15, -0.1) is 0 Å². The van der Waals surface area contributed by atoms with Gasteiger partial charge in [0.15, 0.2) is 0 Å². The van der Waals surface area contributed by atoms with E-state index < -0.39 is 23.8 Å². The molecule has 0 bridgehead atoms. The maximum atomic E-state index is 13.7. The Kier molecular flexibility index (Phi) is 8.81. The third-order valence-electron chi connectivity index (χ3n) is 6.99. The largest absolute Gasteiger partial charge is 0.347 e. The number of aromatic nitrogens is 1. The van der Waals surface area contributed by atoms with Crippen LogP contribution in [0.4, 0.5) is 0 Å². The molecular weight excluding hydrogens is 456 g/mol. The topological polar surface area (TPSA) is 108 Å². The Hall–Kier alpha value is -3.55. The number of rotatable bonds is 9. The van der Waals surface area contributed by atoms with Crippen LogP contribution in [0.15, 0.2) is 54.7 Å². The van der Waals surface area contributed by atoms with Crippen LogP contribution in [-0.4, -0.2) is 58.1 Å². The summed E-state index contributed by atoms with van der Waals surface area (Å²) in [5.74, 6) is -1.83. The van der Waals surface area contributed by atoms with E-state index >= 15 is 0 Å². The van der Waals surface area contributed by atoms with Crippen molar-refractivity contribution in [1.82, 2.24) is 20.5 Å². The summed E-state index contributed by atoms with van der Waals surface area (Å²) in [7, 11) is 0. The van der Waals surface area contributed by atoms with Gasteiger partial charge in [0.05, 0.1) is 6.42 Å². The zero-order valence-electron chi connectivity index (χ0n) is 20.5. The third-order valence-corrected chi connectivity index (χ3v) is 6.99. The number of nitrogens with one attached hydrogen (secondary N) is 2. The van der Waals surface area contributed by atoms with Crippen LogP contribution in [-0.2, 0) is 32.0 Å². The van der Waals surface area contributed by atoms with Crippen LogP contribution in [0, 0.1) is 0 Å². The van der Waals surface area contributed by atoms with Gasteiger partial charge in [0, 0.05) is 30.9 Å². The molecule has 190 valence electrons. The van der Waals surface area contributed by atoms with Gasteiger partial charge in [-0.1, -0.05) is 55.7 Å². The summed E-state index contributed by atoms with van der Waals surface area (Å²) in [6.45, 7) is 0.382. The van der Waals surface area contributed by atoms with Crippen molar-refractivity contribution in [3.05, 3.63) is 66.0 Å². The number of likely N-dealkylation sites (tertiary alicyclic amines) is 1. The minimum absolute atomic E-state index is 0.0254. The molecule has 2 heterocycles. The molecule has 1 aliphatic heterocycles. The van der Waals surface area contributed by atoms with E-state index in [2.05, 4.69) is 15.6 Å². The summed E-state index contributed by atoms with van der Waals surface area (Å²) < 4.78 is 0. The Bertz CT molecular complexity index is 1050. The number of nitrogens with zero attached hydrogens (tertiary/aromatic N) is 2. The van der Waals surface area contributed by atoms with Gasteiger partial charge in [-0.3, -0.25) is 24.2 Å². The van der Waals surface area contributed by atoms with Gasteiger partial charge in [-0.05, 0) is 43.4 Å². The molecule has 1 aromatic carbocycles. The highest BCUT2D eigenvalue weighted by Crippen LogP contribution is 2.22. The fraction of sp³-hybridized carbons (Fsp3) is 0.464. The molecule has 3 amide bonds. The fourth-order valence-electron chi connectivity index (χ4n) is 5.12. The zero-order valence-corrected chi connectivity index (χ0v) is 20.5. The molecule has 0 spiro atoms. The molecule has 1 saturated carbocycles. The number of pyridine rings is 1. The van der Waals surface area contributed by atoms with Gasteiger partial charge < -0.3 is 15.5 Å². The van der Waals surface area contributed by atoms with Gasteiger partial charge in [-0.2, -0.15) is 0 Å². The standard InChI is InChI=1S/C28H34N4O4/c33-25(19-22-14-7-8-16-29-22)31-23(18-20-10-3-1-4-11-20)28(36)32-17-9-15-24(32)26(34)27(35)30-21-12-5-2-6-13-21/h1,3-4,7-8,10-11,14,16,21,23-24H,2,5-6,9,12-13,15,17-19H2,(H,30,35)(H,31,33)/t23-,24?/m0/s1. The minimum Gasteiger partial charge on any atom is -0.347 e. The quantitative estimate of drug-likeness (QED) is 0.525. The van der Waals surface area contributed by atoms with E-state index in [-0.39, 0.29) is 24.3 Å². The first-order valence-electron chi connectivity index (χ1n) is 12.9. The van der Waals surface area contributed by atoms with Crippen LogP contribution in [0.2, 0.25) is 0 Å². The van der Waals surface area contributed by atoms with Crippen molar-refractivity contribution in [2.75, 3.05) is 6.54 Å². The summed E-state index contributed by atoms with van der Waals surface area (Å²) in [6, 6.07) is 13.2. The fourth-order valence-corrected chi connectivity index (χ4v) is 5.12. The maximum Gasteiger partial charge on any atom is 0.289 e. The molecule has 1 saturated heterocycles. The minimum atomic E-state index is -0.849. The van der Waals surface area contributed by atoms with E-state index in [0.717, 1.165) is 37.7 Å². The van der Waals surface area contributed by atoms with Gasteiger partial charge in [-0.25, -0.2) is 0 Å². The van der Waals surface area contributed by atoms with Crippen LogP contribution in [0.1, 0.15) is 56.2 Å². The van der Waals surface area contributed by atoms with E-state index in [9.17, 15) is 19.2 Å². The zero-order chi connectivity index (χ0) is 25.3. The monoisotopic (exact) mass is 490 g/mol. The van der Waals surface area contributed by atoms with Crippen LogP contribution in [0.25, 0.3) is 0 Å². The molecule has 1 aliphatic carbocycles. The van der Waals surface area contributed by atoms with Crippen molar-refractivity contribution in [2.24, 2.45) is 0 Å². The lowest BCUT2D eigenvalue weighted by molar-refractivity contribution is -0.145. The van der Waals surface area contributed by atoms with Crippen LogP contribution in [0.3, 0.4) is 0 Å². The van der Waals surface area contributed by atoms with Crippen molar-refractivity contribution in [2.45, 2.75) is 75.9 Å². The Balaban J connectivity index is 1.45. The highest BCUT2D eigenvalue weighted by Gasteiger charge is 2.40. The third kappa shape index (κ3) is 6.77. The molecule has 2 aromatic rings. The van der Waals surface area contributed by atoms with E-state index in [1.165, 1.54) is 4.90 Å². The predicted molar refractivity (Wildman–Crippen MR) is 135 cm³/mol. The van der Waals surface area contributed by atoms with Crippen molar-refractivity contribution < 1.29 is 19.2 Å². The highest BCUT2D eigenvalue weighted by molar-refractivity contribution is 6.38. The first-order chi connectivity index (χ1) is 17.5. The lowest BCUT2D eigenvalue weighted by Gasteiger charge is -2.29. The van der Waals surface area contributed by atoms with Gasteiger partial charge in [0.2, 0.25) is 17.6 Å². The van der Waals surface area contributed by atoms with Crippen LogP contribution < -0.4 is 10.6 Å². The number of carbonyl (C=O) groups is 4. The number of carbonyl (C=O) groups excluding carboxylic acids is 4. The molecule has 0 radical (unpaired) electrons. The summed E-state index contributed by atoms with van der Waals surface area (Å²) in [5, 5.41) is 5.74. The van der Waals surface area contributed by atoms with E-state index in [1.807, 2.05) is 30.3 Å². The number of hydrogen-bond acceptors (Lipinski definition) is 5. The first kappa shape index (κ1) is 25.5. The second kappa shape index (κ2) is 12.4. The van der Waals surface area contributed by atoms with Crippen molar-refractivity contribution in [1.29, 1.82) is 0 Å². The smallest absolute Gasteiger partial charge is 0.289 e. The molecule has 2 atom stereocenters. The lowest BCUT2D eigenvalue weighted by atomic mass is 9.95. The second-order valence-corrected chi connectivity index (χ2v) is 9.67. The van der Waals surface area contributed by atoms with E-state index in [0.29, 0.717) is 31.5 Å². The van der Waals surface area contributed by atoms with E-state index in [1.54, 1.807) is 24.4 Å². The van der Waals surface area contributed by atoms with Crippen LogP contribution in [0.5, 0.6) is 0 Å². The SMILES string of the molecule is O=C(Cc1ccccn1)N[C@@H](Cc1ccccc1)C(=O)N1CCCC1C(=O)C(=O)NC1CCCCC1. The summed E-state index contributed by atoms with van der Waals surface area (Å²) in [4.78, 5) is 58.0. The highest BCUT2D eigenvalue weighted by atomic mass is 16.2. The molecule has 2 fully saturated rings. The number of hydrogen-bond donors (Lipinski definition) is 2. The average molecular weight is 491 g/mol. The van der Waals surface area contributed by atoms with Crippen LogP contribution >= 0.6 is 0 Å².